The van der Waals surface area contributed by atoms with E-state index in [2.05, 4.69) is 17.6 Å². The van der Waals surface area contributed by atoms with Crippen LogP contribution in [0.15, 0.2) is 48.5 Å². The van der Waals surface area contributed by atoms with Crippen LogP contribution >= 0.6 is 11.8 Å². The number of carbonyl (C=O) groups is 3. The molecular weight excluding hydrogens is 546 g/mol. The Balaban J connectivity index is 2.49. The first-order chi connectivity index (χ1) is 20.0. The zero-order chi connectivity index (χ0) is 31.1. The van der Waals surface area contributed by atoms with Gasteiger partial charge in [-0.2, -0.15) is 11.8 Å². The van der Waals surface area contributed by atoms with E-state index in [-0.39, 0.29) is 11.8 Å². The van der Waals surface area contributed by atoms with Gasteiger partial charge in [0.15, 0.2) is 0 Å². The molecule has 8 heteroatoms. The predicted octanol–water partition coefficient (Wildman–Crippen LogP) is 7.82. The van der Waals surface area contributed by atoms with Crippen molar-refractivity contribution >= 4 is 35.4 Å². The van der Waals surface area contributed by atoms with Gasteiger partial charge in [0.2, 0.25) is 5.91 Å². The number of anilines is 1. The van der Waals surface area contributed by atoms with Gasteiger partial charge in [0.1, 0.15) is 17.7 Å². The van der Waals surface area contributed by atoms with Gasteiger partial charge < -0.3 is 20.3 Å². The molecule has 0 aromatic heterocycles. The first-order valence-corrected chi connectivity index (χ1v) is 16.6. The SMILES string of the molecule is CCCCCCCCN(C(=O)C(CCSC)NC(=O)OC(C)(C)C)C(C(=O)Nc1ccccc1C)c1ccc(C)cc1. The van der Waals surface area contributed by atoms with E-state index in [4.69, 9.17) is 4.74 Å². The second-order valence-electron chi connectivity index (χ2n) is 11.9. The van der Waals surface area contributed by atoms with Gasteiger partial charge in [0.25, 0.3) is 5.91 Å². The van der Waals surface area contributed by atoms with Gasteiger partial charge in [0.05, 0.1) is 0 Å². The second kappa shape index (κ2) is 17.8. The lowest BCUT2D eigenvalue weighted by molar-refractivity contribution is -0.141. The van der Waals surface area contributed by atoms with E-state index in [9.17, 15) is 14.4 Å². The summed E-state index contributed by atoms with van der Waals surface area (Å²) in [6.45, 7) is 11.9. The highest BCUT2D eigenvalue weighted by molar-refractivity contribution is 7.98. The Kier molecular flexibility index (Phi) is 15.0. The number of carbonyl (C=O) groups excluding carboxylic acids is 3. The Labute approximate surface area is 257 Å². The molecule has 2 unspecified atom stereocenters. The fraction of sp³-hybridized carbons (Fsp3) is 0.559. The summed E-state index contributed by atoms with van der Waals surface area (Å²) in [6, 6.07) is 13.7. The lowest BCUT2D eigenvalue weighted by Crippen LogP contribution is -2.52. The summed E-state index contributed by atoms with van der Waals surface area (Å²) in [5.41, 5.74) is 2.74. The van der Waals surface area contributed by atoms with Gasteiger partial charge in [-0.1, -0.05) is 87.1 Å². The first kappa shape index (κ1) is 35.2. The number of amides is 3. The first-order valence-electron chi connectivity index (χ1n) is 15.2. The molecule has 2 atom stereocenters. The molecule has 0 aliphatic carbocycles. The van der Waals surface area contributed by atoms with Crippen LogP contribution in [-0.4, -0.2) is 53.0 Å². The highest BCUT2D eigenvalue weighted by Gasteiger charge is 2.36. The van der Waals surface area contributed by atoms with Gasteiger partial charge in [-0.25, -0.2) is 4.79 Å². The molecule has 3 amide bonds. The van der Waals surface area contributed by atoms with Gasteiger partial charge in [-0.15, -0.1) is 0 Å². The average molecular weight is 598 g/mol. The van der Waals surface area contributed by atoms with Crippen molar-refractivity contribution in [1.29, 1.82) is 0 Å². The van der Waals surface area contributed by atoms with E-state index in [1.54, 1.807) is 37.4 Å². The molecule has 0 saturated heterocycles. The summed E-state index contributed by atoms with van der Waals surface area (Å²) in [7, 11) is 0. The molecule has 2 N–H and O–H groups in total. The molecule has 2 aromatic rings. The van der Waals surface area contributed by atoms with Gasteiger partial charge in [-0.05, 0) is 76.7 Å². The molecule has 0 radical (unpaired) electrons. The number of ether oxygens (including phenoxy) is 1. The Morgan fingerprint density at radius 2 is 1.57 bits per heavy atom. The highest BCUT2D eigenvalue weighted by atomic mass is 32.2. The van der Waals surface area contributed by atoms with Crippen molar-refractivity contribution in [2.45, 2.75) is 104 Å². The Morgan fingerprint density at radius 1 is 0.929 bits per heavy atom. The number of para-hydroxylation sites is 1. The Hall–Kier alpha value is -3.00. The summed E-state index contributed by atoms with van der Waals surface area (Å²) in [5.74, 6) is 0.101. The maximum absolute atomic E-state index is 14.4. The van der Waals surface area contributed by atoms with Crippen LogP contribution in [0.25, 0.3) is 0 Å². The zero-order valence-corrected chi connectivity index (χ0v) is 27.4. The van der Waals surface area contributed by atoms with Gasteiger partial charge >= 0.3 is 6.09 Å². The molecule has 0 aliphatic heterocycles. The maximum atomic E-state index is 14.4. The smallest absolute Gasteiger partial charge is 0.408 e. The molecule has 0 fully saturated rings. The van der Waals surface area contributed by atoms with Crippen LogP contribution in [0.5, 0.6) is 0 Å². The number of nitrogens with one attached hydrogen (secondary N) is 2. The molecule has 0 saturated carbocycles. The number of thioether (sulfide) groups is 1. The number of benzene rings is 2. The second-order valence-corrected chi connectivity index (χ2v) is 12.9. The van der Waals surface area contributed by atoms with Crippen molar-refractivity contribution in [2.24, 2.45) is 0 Å². The van der Waals surface area contributed by atoms with E-state index in [1.807, 2.05) is 68.6 Å². The van der Waals surface area contributed by atoms with Crippen LogP contribution < -0.4 is 10.6 Å². The van der Waals surface area contributed by atoms with E-state index in [0.29, 0.717) is 24.4 Å². The largest absolute Gasteiger partial charge is 0.444 e. The van der Waals surface area contributed by atoms with Crippen molar-refractivity contribution in [3.8, 4) is 0 Å². The normalized spacial score (nSPS) is 12.7. The minimum atomic E-state index is -0.870. The number of hydrogen-bond acceptors (Lipinski definition) is 5. The summed E-state index contributed by atoms with van der Waals surface area (Å²) in [6.07, 6.45) is 8.03. The highest BCUT2D eigenvalue weighted by Crippen LogP contribution is 2.27. The molecule has 42 heavy (non-hydrogen) atoms. The van der Waals surface area contributed by atoms with Crippen molar-refractivity contribution in [1.82, 2.24) is 10.2 Å². The van der Waals surface area contributed by atoms with Crippen molar-refractivity contribution < 1.29 is 19.1 Å². The summed E-state index contributed by atoms with van der Waals surface area (Å²) in [4.78, 5) is 43.0. The summed E-state index contributed by atoms with van der Waals surface area (Å²) in [5, 5.41) is 5.90. The quantitative estimate of drug-likeness (QED) is 0.193. The third kappa shape index (κ3) is 12.1. The maximum Gasteiger partial charge on any atom is 0.408 e. The number of hydrogen-bond donors (Lipinski definition) is 2. The van der Waals surface area contributed by atoms with Crippen LogP contribution in [0.2, 0.25) is 0 Å². The molecular formula is C34H51N3O4S. The van der Waals surface area contributed by atoms with Crippen LogP contribution in [0.4, 0.5) is 10.5 Å². The van der Waals surface area contributed by atoms with E-state index >= 15 is 0 Å². The molecule has 0 heterocycles. The molecule has 0 bridgehead atoms. The number of unbranched alkanes of at least 4 members (excludes halogenated alkanes) is 5. The average Bonchev–Trinajstić information content (AvgIpc) is 2.93. The third-order valence-electron chi connectivity index (χ3n) is 6.99. The Bertz CT molecular complexity index is 1130. The topological polar surface area (TPSA) is 87.7 Å². The molecule has 0 aliphatic rings. The summed E-state index contributed by atoms with van der Waals surface area (Å²) < 4.78 is 5.51. The summed E-state index contributed by atoms with van der Waals surface area (Å²) >= 11 is 1.60. The van der Waals surface area contributed by atoms with Crippen LogP contribution in [0.3, 0.4) is 0 Å². The van der Waals surface area contributed by atoms with Crippen molar-refractivity contribution in [3.63, 3.8) is 0 Å². The van der Waals surface area contributed by atoms with Crippen LogP contribution in [-0.2, 0) is 14.3 Å². The van der Waals surface area contributed by atoms with Crippen LogP contribution in [0, 0.1) is 13.8 Å². The lowest BCUT2D eigenvalue weighted by Gasteiger charge is -2.35. The van der Waals surface area contributed by atoms with Crippen molar-refractivity contribution in [3.05, 3.63) is 65.2 Å². The fourth-order valence-electron chi connectivity index (χ4n) is 4.71. The van der Waals surface area contributed by atoms with E-state index < -0.39 is 23.8 Å². The van der Waals surface area contributed by atoms with Gasteiger partial charge in [-0.3, -0.25) is 9.59 Å². The molecule has 2 aromatic carbocycles. The number of rotatable bonds is 16. The van der Waals surface area contributed by atoms with Gasteiger partial charge in [0, 0.05) is 12.2 Å². The number of alkyl carbamates (subject to hydrolysis) is 1. The zero-order valence-electron chi connectivity index (χ0n) is 26.6. The number of aryl methyl sites for hydroxylation is 2. The number of nitrogens with zero attached hydrogens (tertiary/aromatic N) is 1. The molecule has 0 spiro atoms. The molecule has 7 nitrogen and oxygen atoms in total. The monoisotopic (exact) mass is 597 g/mol. The van der Waals surface area contributed by atoms with Crippen molar-refractivity contribution in [2.75, 3.05) is 23.9 Å². The standard InChI is InChI=1S/C34H51N3O4S/c1-8-9-10-11-12-15-23-37(32(39)29(22-24-42-7)36-33(40)41-34(4,5)6)30(27-20-18-25(2)19-21-27)31(38)35-28-17-14-13-16-26(28)3/h13-14,16-21,29-30H,8-12,15,22-24H2,1-7H3,(H,35,38)(H,36,40). The molecule has 232 valence electrons. The minimum absolute atomic E-state index is 0.283. The fourth-order valence-corrected chi connectivity index (χ4v) is 5.18. The Morgan fingerprint density at radius 3 is 2.19 bits per heavy atom. The molecule has 2 rings (SSSR count). The van der Waals surface area contributed by atoms with E-state index in [1.165, 1.54) is 6.42 Å². The predicted molar refractivity (Wildman–Crippen MR) is 175 cm³/mol. The lowest BCUT2D eigenvalue weighted by atomic mass is 10.00. The third-order valence-corrected chi connectivity index (χ3v) is 7.64. The van der Waals surface area contributed by atoms with E-state index in [0.717, 1.165) is 48.8 Å². The van der Waals surface area contributed by atoms with Crippen LogP contribution in [0.1, 0.15) is 95.4 Å². The minimum Gasteiger partial charge on any atom is -0.444 e.